The van der Waals surface area contributed by atoms with Crippen molar-refractivity contribution < 1.29 is 14.6 Å². The molecule has 1 aromatic carbocycles. The van der Waals surface area contributed by atoms with E-state index in [9.17, 15) is 9.90 Å². The number of carbonyl (C=O) groups excluding carboxylic acids is 1. The van der Waals surface area contributed by atoms with Crippen molar-refractivity contribution in [3.05, 3.63) is 29.3 Å². The summed E-state index contributed by atoms with van der Waals surface area (Å²) in [5.41, 5.74) is 0.682. The maximum absolute atomic E-state index is 11.7. The molecule has 1 rings (SSSR count). The molecular weight excluding hydrogens is 192 g/mol. The van der Waals surface area contributed by atoms with Crippen LogP contribution in [0.15, 0.2) is 18.2 Å². The van der Waals surface area contributed by atoms with Gasteiger partial charge < -0.3 is 9.84 Å². The lowest BCUT2D eigenvalue weighted by atomic mass is 10.1. The topological polar surface area (TPSA) is 46.5 Å². The van der Waals surface area contributed by atoms with Gasteiger partial charge in [0, 0.05) is 0 Å². The van der Waals surface area contributed by atoms with E-state index in [1.165, 1.54) is 6.07 Å². The Morgan fingerprint density at radius 1 is 1.33 bits per heavy atom. The molecule has 1 N–H and O–H groups in total. The SMILES string of the molecule is Cc1ccc(O)cc1C(=O)OC(C)(C)C. The van der Waals surface area contributed by atoms with Crippen molar-refractivity contribution in [2.75, 3.05) is 0 Å². The Bertz CT molecular complexity index is 375. The fourth-order valence-corrected chi connectivity index (χ4v) is 1.16. The second-order valence-corrected chi connectivity index (χ2v) is 4.50. The molecule has 0 saturated carbocycles. The molecule has 3 nitrogen and oxygen atoms in total. The normalized spacial score (nSPS) is 11.2. The maximum Gasteiger partial charge on any atom is 0.339 e. The molecule has 0 fully saturated rings. The second-order valence-electron chi connectivity index (χ2n) is 4.50. The first-order valence-corrected chi connectivity index (χ1v) is 4.82. The molecule has 0 bridgehead atoms. The van der Waals surface area contributed by atoms with E-state index in [1.807, 2.05) is 20.8 Å². The van der Waals surface area contributed by atoms with Crippen LogP contribution in [0.5, 0.6) is 5.75 Å². The minimum Gasteiger partial charge on any atom is -0.508 e. The number of aromatic hydroxyl groups is 1. The first-order valence-electron chi connectivity index (χ1n) is 4.82. The van der Waals surface area contributed by atoms with Gasteiger partial charge >= 0.3 is 5.97 Å². The number of rotatable bonds is 1. The summed E-state index contributed by atoms with van der Waals surface area (Å²) in [4.78, 5) is 11.7. The van der Waals surface area contributed by atoms with Gasteiger partial charge in [0.2, 0.25) is 0 Å². The first-order chi connectivity index (χ1) is 6.79. The zero-order chi connectivity index (χ0) is 11.6. The average Bonchev–Trinajstić information content (AvgIpc) is 2.06. The predicted molar refractivity (Wildman–Crippen MR) is 58.0 cm³/mol. The van der Waals surface area contributed by atoms with Crippen molar-refractivity contribution in [3.8, 4) is 5.75 Å². The van der Waals surface area contributed by atoms with Crippen LogP contribution in [-0.4, -0.2) is 16.7 Å². The Morgan fingerprint density at radius 2 is 1.93 bits per heavy atom. The predicted octanol–water partition coefficient (Wildman–Crippen LogP) is 2.66. The molecule has 0 saturated heterocycles. The number of phenols is 1. The minimum absolute atomic E-state index is 0.0708. The highest BCUT2D eigenvalue weighted by molar-refractivity contribution is 5.91. The summed E-state index contributed by atoms with van der Waals surface area (Å²) >= 11 is 0. The van der Waals surface area contributed by atoms with Gasteiger partial charge in [-0.3, -0.25) is 0 Å². The van der Waals surface area contributed by atoms with E-state index in [4.69, 9.17) is 4.74 Å². The van der Waals surface area contributed by atoms with Crippen LogP contribution in [0.2, 0.25) is 0 Å². The molecule has 0 aliphatic heterocycles. The number of esters is 1. The van der Waals surface area contributed by atoms with Crippen molar-refractivity contribution in [2.24, 2.45) is 0 Å². The monoisotopic (exact) mass is 208 g/mol. The molecule has 0 unspecified atom stereocenters. The largest absolute Gasteiger partial charge is 0.508 e. The number of hydrogen-bond donors (Lipinski definition) is 1. The van der Waals surface area contributed by atoms with Crippen molar-refractivity contribution in [1.82, 2.24) is 0 Å². The Kier molecular flexibility index (Phi) is 3.03. The quantitative estimate of drug-likeness (QED) is 0.722. The van der Waals surface area contributed by atoms with Gasteiger partial charge in [-0.05, 0) is 45.4 Å². The molecule has 1 aromatic rings. The van der Waals surface area contributed by atoms with Crippen LogP contribution >= 0.6 is 0 Å². The Morgan fingerprint density at radius 3 is 2.47 bits per heavy atom. The highest BCUT2D eigenvalue weighted by Gasteiger charge is 2.19. The van der Waals surface area contributed by atoms with E-state index in [1.54, 1.807) is 19.1 Å². The standard InChI is InChI=1S/C12H16O3/c1-8-5-6-9(13)7-10(8)11(14)15-12(2,3)4/h5-7,13H,1-4H3. The molecule has 0 heterocycles. The molecule has 0 aliphatic rings. The summed E-state index contributed by atoms with van der Waals surface area (Å²) in [5.74, 6) is -0.336. The second kappa shape index (κ2) is 3.93. The number of aryl methyl sites for hydroxylation is 1. The Labute approximate surface area is 89.7 Å². The van der Waals surface area contributed by atoms with E-state index < -0.39 is 11.6 Å². The fraction of sp³-hybridized carbons (Fsp3) is 0.417. The van der Waals surface area contributed by atoms with E-state index in [0.717, 1.165) is 5.56 Å². The lowest BCUT2D eigenvalue weighted by molar-refractivity contribution is 0.00683. The van der Waals surface area contributed by atoms with Gasteiger partial charge in [-0.15, -0.1) is 0 Å². The van der Waals surface area contributed by atoms with Crippen LogP contribution in [-0.2, 0) is 4.74 Å². The van der Waals surface area contributed by atoms with Gasteiger partial charge in [0.25, 0.3) is 0 Å². The Balaban J connectivity index is 2.96. The molecule has 0 aromatic heterocycles. The van der Waals surface area contributed by atoms with Gasteiger partial charge in [0.1, 0.15) is 11.4 Å². The molecule has 0 spiro atoms. The van der Waals surface area contributed by atoms with Crippen molar-refractivity contribution in [3.63, 3.8) is 0 Å². The smallest absolute Gasteiger partial charge is 0.339 e. The van der Waals surface area contributed by atoms with E-state index in [2.05, 4.69) is 0 Å². The number of benzene rings is 1. The van der Waals surface area contributed by atoms with Crippen molar-refractivity contribution in [1.29, 1.82) is 0 Å². The lowest BCUT2D eigenvalue weighted by Crippen LogP contribution is -2.24. The van der Waals surface area contributed by atoms with Gasteiger partial charge in [-0.25, -0.2) is 4.79 Å². The summed E-state index contributed by atoms with van der Waals surface area (Å²) in [7, 11) is 0. The lowest BCUT2D eigenvalue weighted by Gasteiger charge is -2.20. The number of carbonyl (C=O) groups is 1. The highest BCUT2D eigenvalue weighted by atomic mass is 16.6. The van der Waals surface area contributed by atoms with Crippen molar-refractivity contribution >= 4 is 5.97 Å². The molecule has 0 aliphatic carbocycles. The maximum atomic E-state index is 11.7. The third-order valence-corrected chi connectivity index (χ3v) is 1.84. The summed E-state index contributed by atoms with van der Waals surface area (Å²) in [6.45, 7) is 7.23. The third kappa shape index (κ3) is 3.27. The van der Waals surface area contributed by atoms with E-state index in [0.29, 0.717) is 5.56 Å². The Hall–Kier alpha value is -1.51. The van der Waals surface area contributed by atoms with Gasteiger partial charge in [-0.2, -0.15) is 0 Å². The number of hydrogen-bond acceptors (Lipinski definition) is 3. The van der Waals surface area contributed by atoms with Gasteiger partial charge in [0.15, 0.2) is 0 Å². The summed E-state index contributed by atoms with van der Waals surface area (Å²) in [5, 5.41) is 9.28. The van der Waals surface area contributed by atoms with Crippen molar-refractivity contribution in [2.45, 2.75) is 33.3 Å². The van der Waals surface area contributed by atoms with Crippen LogP contribution < -0.4 is 0 Å². The molecule has 0 atom stereocenters. The highest BCUT2D eigenvalue weighted by Crippen LogP contribution is 2.19. The van der Waals surface area contributed by atoms with E-state index in [-0.39, 0.29) is 5.75 Å². The van der Waals surface area contributed by atoms with Gasteiger partial charge in [-0.1, -0.05) is 6.07 Å². The van der Waals surface area contributed by atoms with Gasteiger partial charge in [0.05, 0.1) is 5.56 Å². The molecule has 3 heteroatoms. The van der Waals surface area contributed by atoms with Crippen LogP contribution in [0.4, 0.5) is 0 Å². The van der Waals surface area contributed by atoms with Crippen LogP contribution in [0, 0.1) is 6.92 Å². The minimum atomic E-state index is -0.519. The fourth-order valence-electron chi connectivity index (χ4n) is 1.16. The first kappa shape index (κ1) is 11.6. The van der Waals surface area contributed by atoms with Crippen LogP contribution in [0.1, 0.15) is 36.7 Å². The summed E-state index contributed by atoms with van der Waals surface area (Å²) < 4.78 is 5.21. The van der Waals surface area contributed by atoms with Crippen LogP contribution in [0.25, 0.3) is 0 Å². The molecule has 82 valence electrons. The average molecular weight is 208 g/mol. The third-order valence-electron chi connectivity index (χ3n) is 1.84. The molecule has 0 radical (unpaired) electrons. The number of ether oxygens (including phenoxy) is 1. The molecular formula is C12H16O3. The zero-order valence-electron chi connectivity index (χ0n) is 9.50. The summed E-state index contributed by atoms with van der Waals surface area (Å²) in [6, 6.07) is 4.65. The molecule has 0 amide bonds. The summed E-state index contributed by atoms with van der Waals surface area (Å²) in [6.07, 6.45) is 0. The van der Waals surface area contributed by atoms with E-state index >= 15 is 0 Å². The van der Waals surface area contributed by atoms with Crippen LogP contribution in [0.3, 0.4) is 0 Å². The molecule has 15 heavy (non-hydrogen) atoms. The number of phenolic OH excluding ortho intramolecular Hbond substituents is 1. The zero-order valence-corrected chi connectivity index (χ0v) is 9.50.